The average Bonchev–Trinajstić information content (AvgIpc) is 3.12. The fourth-order valence-corrected chi connectivity index (χ4v) is 3.18. The molecule has 3 rings (SSSR count). The highest BCUT2D eigenvalue weighted by molar-refractivity contribution is 5.83. The molecule has 1 saturated carbocycles. The van der Waals surface area contributed by atoms with Crippen LogP contribution in [0.3, 0.4) is 0 Å². The van der Waals surface area contributed by atoms with Gasteiger partial charge in [-0.25, -0.2) is 5.48 Å². The average molecular weight is 285 g/mol. The quantitative estimate of drug-likeness (QED) is 0.867. The minimum absolute atomic E-state index is 0.134. The van der Waals surface area contributed by atoms with Gasteiger partial charge in [-0.15, -0.1) is 0 Å². The van der Waals surface area contributed by atoms with Gasteiger partial charge < -0.3 is 0 Å². The molecule has 1 amide bonds. The number of aryl methyl sites for hydroxylation is 1. The molecule has 3 nitrogen and oxygen atoms in total. The third-order valence-electron chi connectivity index (χ3n) is 4.04. The zero-order valence-corrected chi connectivity index (χ0v) is 10.6. The lowest BCUT2D eigenvalue weighted by Gasteiger charge is -2.13. The fourth-order valence-electron chi connectivity index (χ4n) is 3.18. The van der Waals surface area contributed by atoms with Crippen molar-refractivity contribution in [3.63, 3.8) is 0 Å². The smallest absolute Gasteiger partial charge is 0.272 e. The van der Waals surface area contributed by atoms with Crippen molar-refractivity contribution in [2.75, 3.05) is 6.61 Å². The van der Waals surface area contributed by atoms with E-state index < -0.39 is 18.7 Å². The second kappa shape index (κ2) is 4.77. The van der Waals surface area contributed by atoms with Crippen LogP contribution in [0, 0.1) is 11.8 Å². The topological polar surface area (TPSA) is 38.3 Å². The van der Waals surface area contributed by atoms with Gasteiger partial charge in [0, 0.05) is 0 Å². The first-order valence-corrected chi connectivity index (χ1v) is 6.53. The van der Waals surface area contributed by atoms with Crippen LogP contribution in [0.15, 0.2) is 24.3 Å². The van der Waals surface area contributed by atoms with Gasteiger partial charge in [0.05, 0.1) is 5.92 Å². The summed E-state index contributed by atoms with van der Waals surface area (Å²) in [5, 5.41) is 0. The molecule has 0 aromatic heterocycles. The Bertz CT molecular complexity index is 529. The van der Waals surface area contributed by atoms with E-state index in [4.69, 9.17) is 0 Å². The number of hydroxylamine groups is 1. The van der Waals surface area contributed by atoms with Gasteiger partial charge in [-0.3, -0.25) is 9.63 Å². The molecule has 1 aromatic carbocycles. The molecule has 0 aliphatic heterocycles. The third-order valence-corrected chi connectivity index (χ3v) is 4.04. The van der Waals surface area contributed by atoms with Crippen molar-refractivity contribution in [3.8, 4) is 0 Å². The first-order chi connectivity index (χ1) is 9.47. The molecule has 2 aliphatic carbocycles. The van der Waals surface area contributed by atoms with E-state index in [1.165, 1.54) is 5.56 Å². The number of fused-ring (bicyclic) bond motifs is 3. The largest absolute Gasteiger partial charge is 0.414 e. The van der Waals surface area contributed by atoms with Crippen molar-refractivity contribution in [1.82, 2.24) is 5.48 Å². The van der Waals surface area contributed by atoms with Gasteiger partial charge in [-0.2, -0.15) is 13.2 Å². The van der Waals surface area contributed by atoms with Crippen LogP contribution in [0.2, 0.25) is 0 Å². The van der Waals surface area contributed by atoms with Gasteiger partial charge in [0.15, 0.2) is 6.61 Å². The van der Waals surface area contributed by atoms with Gasteiger partial charge in [0.1, 0.15) is 0 Å². The highest BCUT2D eigenvalue weighted by Gasteiger charge is 2.57. The molecular formula is C14H14F3NO2. The first kappa shape index (κ1) is 13.4. The molecular weight excluding hydrogens is 271 g/mol. The molecule has 1 fully saturated rings. The van der Waals surface area contributed by atoms with E-state index in [1.54, 1.807) is 0 Å². The highest BCUT2D eigenvalue weighted by atomic mass is 19.4. The van der Waals surface area contributed by atoms with E-state index in [0.29, 0.717) is 0 Å². The molecule has 0 saturated heterocycles. The molecule has 20 heavy (non-hydrogen) atoms. The van der Waals surface area contributed by atoms with E-state index in [2.05, 4.69) is 4.84 Å². The Morgan fingerprint density at radius 1 is 1.35 bits per heavy atom. The van der Waals surface area contributed by atoms with Gasteiger partial charge >= 0.3 is 6.18 Å². The summed E-state index contributed by atoms with van der Waals surface area (Å²) in [6, 6.07) is 7.92. The summed E-state index contributed by atoms with van der Waals surface area (Å²) >= 11 is 0. The minimum Gasteiger partial charge on any atom is -0.272 e. The van der Waals surface area contributed by atoms with Crippen molar-refractivity contribution in [2.24, 2.45) is 11.8 Å². The van der Waals surface area contributed by atoms with Crippen molar-refractivity contribution < 1.29 is 22.8 Å². The predicted octanol–water partition coefficient (Wildman–Crippen LogP) is 2.57. The van der Waals surface area contributed by atoms with Crippen molar-refractivity contribution in [3.05, 3.63) is 35.4 Å². The molecule has 108 valence electrons. The maximum absolute atomic E-state index is 11.9. The zero-order valence-electron chi connectivity index (χ0n) is 10.6. The Morgan fingerprint density at radius 3 is 2.85 bits per heavy atom. The Hall–Kier alpha value is -1.56. The SMILES string of the molecule is O=C(NOCC(F)(F)F)C1C2CCc3ccccc3C21. The summed E-state index contributed by atoms with van der Waals surface area (Å²) < 4.78 is 35.8. The summed E-state index contributed by atoms with van der Waals surface area (Å²) in [4.78, 5) is 16.1. The summed E-state index contributed by atoms with van der Waals surface area (Å²) in [6.07, 6.45) is -2.61. The van der Waals surface area contributed by atoms with E-state index in [9.17, 15) is 18.0 Å². The number of benzene rings is 1. The van der Waals surface area contributed by atoms with Gasteiger partial charge in [0.25, 0.3) is 0 Å². The summed E-state index contributed by atoms with van der Waals surface area (Å²) in [6.45, 7) is -1.46. The number of carbonyl (C=O) groups excluding carboxylic acids is 1. The number of alkyl halides is 3. The van der Waals surface area contributed by atoms with Gasteiger partial charge in [-0.1, -0.05) is 24.3 Å². The van der Waals surface area contributed by atoms with Crippen molar-refractivity contribution >= 4 is 5.91 Å². The summed E-state index contributed by atoms with van der Waals surface area (Å²) in [5.41, 5.74) is 4.32. The van der Waals surface area contributed by atoms with Crippen LogP contribution < -0.4 is 5.48 Å². The molecule has 2 aliphatic rings. The van der Waals surface area contributed by atoms with E-state index in [1.807, 2.05) is 29.7 Å². The van der Waals surface area contributed by atoms with E-state index >= 15 is 0 Å². The molecule has 1 N–H and O–H groups in total. The molecule has 1 aromatic rings. The number of hydrogen-bond donors (Lipinski definition) is 1. The number of halogens is 3. The maximum Gasteiger partial charge on any atom is 0.414 e. The lowest BCUT2D eigenvalue weighted by atomic mass is 9.92. The second-order valence-corrected chi connectivity index (χ2v) is 5.32. The van der Waals surface area contributed by atoms with Crippen LogP contribution in [0.25, 0.3) is 0 Å². The normalized spacial score (nSPS) is 27.4. The molecule has 6 heteroatoms. The number of hydrogen-bond acceptors (Lipinski definition) is 2. The van der Waals surface area contributed by atoms with Crippen LogP contribution in [0.5, 0.6) is 0 Å². The molecule has 0 bridgehead atoms. The number of carbonyl (C=O) groups is 1. The Balaban J connectivity index is 1.60. The van der Waals surface area contributed by atoms with Gasteiger partial charge in [-0.05, 0) is 35.8 Å². The van der Waals surface area contributed by atoms with Crippen LogP contribution in [-0.2, 0) is 16.1 Å². The summed E-state index contributed by atoms with van der Waals surface area (Å²) in [7, 11) is 0. The lowest BCUT2D eigenvalue weighted by molar-refractivity contribution is -0.192. The monoisotopic (exact) mass is 285 g/mol. The number of amides is 1. The minimum atomic E-state index is -4.43. The van der Waals surface area contributed by atoms with Crippen molar-refractivity contribution in [2.45, 2.75) is 24.9 Å². The van der Waals surface area contributed by atoms with Crippen LogP contribution in [0.4, 0.5) is 13.2 Å². The number of rotatable bonds is 3. The molecule has 0 spiro atoms. The Morgan fingerprint density at radius 2 is 2.10 bits per heavy atom. The molecule has 0 heterocycles. The van der Waals surface area contributed by atoms with Crippen LogP contribution in [-0.4, -0.2) is 18.7 Å². The molecule has 3 atom stereocenters. The maximum atomic E-state index is 11.9. The zero-order chi connectivity index (χ0) is 14.3. The van der Waals surface area contributed by atoms with Gasteiger partial charge in [0.2, 0.25) is 5.91 Å². The van der Waals surface area contributed by atoms with E-state index in [-0.39, 0.29) is 17.8 Å². The van der Waals surface area contributed by atoms with Crippen LogP contribution >= 0.6 is 0 Å². The van der Waals surface area contributed by atoms with Crippen LogP contribution in [0.1, 0.15) is 23.5 Å². The third kappa shape index (κ3) is 2.52. The second-order valence-electron chi connectivity index (χ2n) is 5.32. The summed E-state index contributed by atoms with van der Waals surface area (Å²) in [5.74, 6) is -0.332. The highest BCUT2D eigenvalue weighted by Crippen LogP contribution is 2.59. The standard InChI is InChI=1S/C14H14F3NO2/c15-14(16,17)7-20-18-13(19)12-10-6-5-8-3-1-2-4-9(8)11(10)12/h1-4,10-12H,5-7H2,(H,18,19). The predicted molar refractivity (Wildman–Crippen MR) is 64.6 cm³/mol. The Labute approximate surface area is 114 Å². The first-order valence-electron chi connectivity index (χ1n) is 6.53. The fraction of sp³-hybridized carbons (Fsp3) is 0.500. The Kier molecular flexibility index (Phi) is 3.20. The molecule has 3 unspecified atom stereocenters. The number of nitrogens with one attached hydrogen (secondary N) is 1. The van der Waals surface area contributed by atoms with E-state index in [0.717, 1.165) is 18.4 Å². The van der Waals surface area contributed by atoms with Crippen molar-refractivity contribution in [1.29, 1.82) is 0 Å². The lowest BCUT2D eigenvalue weighted by Crippen LogP contribution is -2.31. The molecule has 0 radical (unpaired) electrons.